The lowest BCUT2D eigenvalue weighted by Crippen LogP contribution is -1.28. The van der Waals surface area contributed by atoms with E-state index in [9.17, 15) is 0 Å². The second-order valence-corrected chi connectivity index (χ2v) is 0.500. The Bertz CT molecular complexity index is 36.8. The summed E-state index contributed by atoms with van der Waals surface area (Å²) >= 11 is 0. The smallest absolute Gasteiger partial charge is 0.00271 e. The molecule has 8 heavy (non-hydrogen) atoms. The maximum absolute atomic E-state index is 2.68. The van der Waals surface area contributed by atoms with Crippen LogP contribution in [0.15, 0.2) is 0 Å². The molecule has 0 amide bonds. The number of hydrogen-bond donors (Lipinski definition) is 0. The van der Waals surface area contributed by atoms with E-state index in [4.69, 9.17) is 0 Å². The molecule has 0 spiro atoms. The summed E-state index contributed by atoms with van der Waals surface area (Å²) in [6.45, 7) is 3.64. The molecule has 0 radical (unpaired) electrons. The molecule has 0 saturated carbocycles. The fourth-order valence-electron chi connectivity index (χ4n) is 0. The number of hydrogen-bond acceptors (Lipinski definition) is 0. The van der Waals surface area contributed by atoms with E-state index >= 15 is 0 Å². The van der Waals surface area contributed by atoms with Crippen molar-refractivity contribution in [2.45, 2.75) is 43.6 Å². The van der Waals surface area contributed by atoms with Crippen LogP contribution in [0.3, 0.4) is 0 Å². The van der Waals surface area contributed by atoms with Gasteiger partial charge in [0.1, 0.15) is 0 Å². The predicted molar refractivity (Wildman–Crippen MR) is 46.0 cm³/mol. The summed E-state index contributed by atoms with van der Waals surface area (Å²) in [5, 5.41) is 0. The first kappa shape index (κ1) is 49.6. The minimum absolute atomic E-state index is 0. The van der Waals surface area contributed by atoms with Gasteiger partial charge in [-0.25, -0.2) is 0 Å². The fourth-order valence-corrected chi connectivity index (χ4v) is 0. The van der Waals surface area contributed by atoms with Crippen molar-refractivity contribution >= 4 is 0 Å². The zero-order valence-electron chi connectivity index (χ0n) is 3.00. The molecule has 54 valence electrons. The standard InChI is InChI=1S/C4H6.4CH4/c1-3-4-2;;;;/h1-2H3;4*1H4. The minimum Gasteiger partial charge on any atom is -0.107 e. The summed E-state index contributed by atoms with van der Waals surface area (Å²) in [6.07, 6.45) is 0. The van der Waals surface area contributed by atoms with Gasteiger partial charge in [0.05, 0.1) is 0 Å². The zero-order valence-corrected chi connectivity index (χ0v) is 3.00. The summed E-state index contributed by atoms with van der Waals surface area (Å²) in [7, 11) is 0. The van der Waals surface area contributed by atoms with Crippen LogP contribution < -0.4 is 0 Å². The molecule has 0 nitrogen and oxygen atoms in total. The Kier molecular flexibility index (Phi) is 517. The van der Waals surface area contributed by atoms with Crippen LogP contribution in [0.25, 0.3) is 0 Å². The third kappa shape index (κ3) is 369. The van der Waals surface area contributed by atoms with Gasteiger partial charge in [-0.3, -0.25) is 0 Å². The van der Waals surface area contributed by atoms with E-state index in [-0.39, 0.29) is 29.7 Å². The van der Waals surface area contributed by atoms with Crippen LogP contribution in [-0.2, 0) is 0 Å². The molecule has 0 aliphatic heterocycles. The average molecular weight is 118 g/mol. The van der Waals surface area contributed by atoms with Gasteiger partial charge in [-0.05, 0) is 13.8 Å². The van der Waals surface area contributed by atoms with E-state index in [1.807, 2.05) is 13.8 Å². The normalized spacial score (nSPS) is 1.75. The Morgan fingerprint density at radius 3 is 0.750 bits per heavy atom. The topological polar surface area (TPSA) is 0 Å². The van der Waals surface area contributed by atoms with Gasteiger partial charge in [-0.15, -0.1) is 11.8 Å². The van der Waals surface area contributed by atoms with Crippen molar-refractivity contribution in [2.75, 3.05) is 0 Å². The van der Waals surface area contributed by atoms with Crippen molar-refractivity contribution in [3.05, 3.63) is 0 Å². The lowest BCUT2D eigenvalue weighted by atomic mass is 10.7. The minimum atomic E-state index is 0. The van der Waals surface area contributed by atoms with Crippen LogP contribution in [0.4, 0.5) is 0 Å². The lowest BCUT2D eigenvalue weighted by Gasteiger charge is -1.40. The Hall–Kier alpha value is -0.440. The van der Waals surface area contributed by atoms with E-state index in [0.29, 0.717) is 0 Å². The average Bonchev–Trinajstić information content (AvgIpc) is 1.37. The van der Waals surface area contributed by atoms with Crippen molar-refractivity contribution in [1.82, 2.24) is 0 Å². The fraction of sp³-hybridized carbons (Fsp3) is 0.750. The van der Waals surface area contributed by atoms with Crippen LogP contribution in [0, 0.1) is 11.8 Å². The third-order valence-electron chi connectivity index (χ3n) is 0.250. The molecule has 0 fully saturated rings. The van der Waals surface area contributed by atoms with Gasteiger partial charge in [0, 0.05) is 0 Å². The van der Waals surface area contributed by atoms with Crippen LogP contribution >= 0.6 is 0 Å². The van der Waals surface area contributed by atoms with E-state index in [2.05, 4.69) is 11.8 Å². The monoisotopic (exact) mass is 118 g/mol. The van der Waals surface area contributed by atoms with E-state index in [1.54, 1.807) is 0 Å². The molecule has 0 aliphatic rings. The van der Waals surface area contributed by atoms with Crippen LogP contribution in [0.2, 0.25) is 0 Å². The molecule has 0 rings (SSSR count). The molecule has 0 bridgehead atoms. The maximum Gasteiger partial charge on any atom is -0.00271 e. The Labute approximate surface area is 56.3 Å². The first-order chi connectivity index (χ1) is 1.91. The van der Waals surface area contributed by atoms with Gasteiger partial charge in [-0.1, -0.05) is 29.7 Å². The molecule has 0 N–H and O–H groups in total. The van der Waals surface area contributed by atoms with Crippen molar-refractivity contribution in [3.8, 4) is 11.8 Å². The highest BCUT2D eigenvalue weighted by molar-refractivity contribution is 4.89. The summed E-state index contributed by atoms with van der Waals surface area (Å²) < 4.78 is 0. The van der Waals surface area contributed by atoms with E-state index < -0.39 is 0 Å². The van der Waals surface area contributed by atoms with Crippen LogP contribution in [-0.4, -0.2) is 0 Å². The predicted octanol–water partition coefficient (Wildman–Crippen LogP) is 3.57. The summed E-state index contributed by atoms with van der Waals surface area (Å²) in [4.78, 5) is 0. The molecule has 0 aromatic heterocycles. The first-order valence-corrected chi connectivity index (χ1v) is 1.25. The van der Waals surface area contributed by atoms with Crippen LogP contribution in [0.5, 0.6) is 0 Å². The Morgan fingerprint density at radius 1 is 0.625 bits per heavy atom. The second kappa shape index (κ2) is 83.3. The highest BCUT2D eigenvalue weighted by atomic mass is 13.3. The van der Waals surface area contributed by atoms with Gasteiger partial charge in [-0.2, -0.15) is 0 Å². The van der Waals surface area contributed by atoms with Gasteiger partial charge >= 0.3 is 0 Å². The molecule has 0 atom stereocenters. The molecule has 0 aliphatic carbocycles. The molecular weight excluding hydrogens is 96.1 g/mol. The summed E-state index contributed by atoms with van der Waals surface area (Å²) in [5.74, 6) is 5.36. The quantitative estimate of drug-likeness (QED) is 0.426. The van der Waals surface area contributed by atoms with Gasteiger partial charge in [0.2, 0.25) is 0 Å². The van der Waals surface area contributed by atoms with E-state index in [1.165, 1.54) is 0 Å². The molecule has 0 saturated heterocycles. The largest absolute Gasteiger partial charge is 0.107 e. The van der Waals surface area contributed by atoms with Crippen molar-refractivity contribution in [2.24, 2.45) is 0 Å². The molecule has 0 aromatic rings. The molecule has 0 heteroatoms. The second-order valence-electron chi connectivity index (χ2n) is 0.500. The van der Waals surface area contributed by atoms with Crippen molar-refractivity contribution < 1.29 is 0 Å². The maximum atomic E-state index is 2.68. The molecular formula is C8H22. The summed E-state index contributed by atoms with van der Waals surface area (Å²) in [5.41, 5.74) is 0. The van der Waals surface area contributed by atoms with Gasteiger partial charge in [0.25, 0.3) is 0 Å². The lowest BCUT2D eigenvalue weighted by molar-refractivity contribution is 1.83. The van der Waals surface area contributed by atoms with Gasteiger partial charge in [0.15, 0.2) is 0 Å². The van der Waals surface area contributed by atoms with Crippen molar-refractivity contribution in [1.29, 1.82) is 0 Å². The highest BCUT2D eigenvalue weighted by Crippen LogP contribution is 1.39. The van der Waals surface area contributed by atoms with Crippen LogP contribution in [0.1, 0.15) is 43.6 Å². The van der Waals surface area contributed by atoms with Crippen molar-refractivity contribution in [3.63, 3.8) is 0 Å². The molecule has 0 aromatic carbocycles. The third-order valence-corrected chi connectivity index (χ3v) is 0.250. The molecule has 0 heterocycles. The summed E-state index contributed by atoms with van der Waals surface area (Å²) in [6, 6.07) is 0. The van der Waals surface area contributed by atoms with Gasteiger partial charge < -0.3 is 0 Å². The highest BCUT2D eigenvalue weighted by Gasteiger charge is 1.26. The van der Waals surface area contributed by atoms with E-state index in [0.717, 1.165) is 0 Å². The Morgan fingerprint density at radius 2 is 0.750 bits per heavy atom. The first-order valence-electron chi connectivity index (χ1n) is 1.25. The number of rotatable bonds is 0. The zero-order chi connectivity index (χ0) is 3.41. The molecule has 0 unspecified atom stereocenters. The Balaban J connectivity index is -0.00000000750. The SMILES string of the molecule is C.C.C.C.CC#CC.